The van der Waals surface area contributed by atoms with Crippen LogP contribution in [0.2, 0.25) is 0 Å². The van der Waals surface area contributed by atoms with Crippen molar-refractivity contribution in [1.82, 2.24) is 5.32 Å². The van der Waals surface area contributed by atoms with Crippen LogP contribution in [0.25, 0.3) is 0 Å². The SMILES string of the molecule is CCCC(N)C(=O)C(=O)CCC(=O)N[C@H](C)c1ccccc1. The van der Waals surface area contributed by atoms with Crippen molar-refractivity contribution in [3.8, 4) is 0 Å². The van der Waals surface area contributed by atoms with Gasteiger partial charge in [0.15, 0.2) is 0 Å². The first kappa shape index (κ1) is 18.0. The Morgan fingerprint density at radius 2 is 1.77 bits per heavy atom. The van der Waals surface area contributed by atoms with E-state index in [9.17, 15) is 14.4 Å². The van der Waals surface area contributed by atoms with Gasteiger partial charge in [-0.25, -0.2) is 0 Å². The molecule has 0 bridgehead atoms. The van der Waals surface area contributed by atoms with E-state index in [1.165, 1.54) is 0 Å². The van der Waals surface area contributed by atoms with Gasteiger partial charge >= 0.3 is 0 Å². The second-order valence-electron chi connectivity index (χ2n) is 5.38. The van der Waals surface area contributed by atoms with Crippen molar-refractivity contribution in [2.45, 2.75) is 51.6 Å². The van der Waals surface area contributed by atoms with Crippen molar-refractivity contribution in [2.24, 2.45) is 5.73 Å². The number of ketones is 2. The molecule has 0 aromatic heterocycles. The number of Topliss-reactive ketones (excluding diaryl/α,β-unsaturated/α-hetero) is 2. The minimum Gasteiger partial charge on any atom is -0.350 e. The predicted octanol–water partition coefficient (Wildman–Crippen LogP) is 1.91. The summed E-state index contributed by atoms with van der Waals surface area (Å²) in [6, 6.07) is 8.66. The summed E-state index contributed by atoms with van der Waals surface area (Å²) in [7, 11) is 0. The van der Waals surface area contributed by atoms with Crippen LogP contribution in [0.15, 0.2) is 30.3 Å². The smallest absolute Gasteiger partial charge is 0.220 e. The summed E-state index contributed by atoms with van der Waals surface area (Å²) >= 11 is 0. The van der Waals surface area contributed by atoms with Crippen LogP contribution in [-0.2, 0) is 14.4 Å². The first-order chi connectivity index (χ1) is 10.5. The number of carbonyl (C=O) groups is 3. The molecule has 3 N–H and O–H groups in total. The summed E-state index contributed by atoms with van der Waals surface area (Å²) in [5, 5.41) is 2.81. The second kappa shape index (κ2) is 9.10. The van der Waals surface area contributed by atoms with Crippen molar-refractivity contribution in [1.29, 1.82) is 0 Å². The van der Waals surface area contributed by atoms with Crippen molar-refractivity contribution < 1.29 is 14.4 Å². The number of nitrogens with two attached hydrogens (primary N) is 1. The monoisotopic (exact) mass is 304 g/mol. The fourth-order valence-electron chi connectivity index (χ4n) is 2.14. The molecule has 0 saturated heterocycles. The average Bonchev–Trinajstić information content (AvgIpc) is 2.52. The highest BCUT2D eigenvalue weighted by molar-refractivity contribution is 6.39. The first-order valence-corrected chi connectivity index (χ1v) is 7.62. The molecule has 0 heterocycles. The van der Waals surface area contributed by atoms with Gasteiger partial charge in [-0.2, -0.15) is 0 Å². The van der Waals surface area contributed by atoms with Gasteiger partial charge in [-0.05, 0) is 18.9 Å². The molecule has 1 rings (SSSR count). The summed E-state index contributed by atoms with van der Waals surface area (Å²) in [5.41, 5.74) is 6.61. The minimum atomic E-state index is -0.746. The third-order valence-corrected chi connectivity index (χ3v) is 3.47. The summed E-state index contributed by atoms with van der Waals surface area (Å²) in [5.74, 6) is -1.39. The van der Waals surface area contributed by atoms with E-state index in [4.69, 9.17) is 5.73 Å². The lowest BCUT2D eigenvalue weighted by atomic mass is 10.0. The largest absolute Gasteiger partial charge is 0.350 e. The fraction of sp³-hybridized carbons (Fsp3) is 0.471. The maximum Gasteiger partial charge on any atom is 0.220 e. The van der Waals surface area contributed by atoms with Crippen LogP contribution in [0.4, 0.5) is 0 Å². The van der Waals surface area contributed by atoms with Crippen LogP contribution in [-0.4, -0.2) is 23.5 Å². The van der Waals surface area contributed by atoms with Gasteiger partial charge in [-0.1, -0.05) is 43.7 Å². The topological polar surface area (TPSA) is 89.3 Å². The zero-order chi connectivity index (χ0) is 16.5. The Kier molecular flexibility index (Phi) is 7.46. The van der Waals surface area contributed by atoms with Gasteiger partial charge in [0.05, 0.1) is 12.1 Å². The molecule has 120 valence electrons. The highest BCUT2D eigenvalue weighted by Crippen LogP contribution is 2.11. The first-order valence-electron chi connectivity index (χ1n) is 7.62. The number of hydrogen-bond acceptors (Lipinski definition) is 4. The van der Waals surface area contributed by atoms with Crippen molar-refractivity contribution >= 4 is 17.5 Å². The Labute approximate surface area is 131 Å². The van der Waals surface area contributed by atoms with Crippen molar-refractivity contribution in [2.75, 3.05) is 0 Å². The van der Waals surface area contributed by atoms with E-state index in [-0.39, 0.29) is 24.8 Å². The molecule has 0 fully saturated rings. The molecule has 1 aromatic rings. The zero-order valence-electron chi connectivity index (χ0n) is 13.2. The maximum absolute atomic E-state index is 11.8. The third-order valence-electron chi connectivity index (χ3n) is 3.47. The Bertz CT molecular complexity index is 514. The molecule has 0 aliphatic heterocycles. The number of carbonyl (C=O) groups excluding carboxylic acids is 3. The molecule has 0 spiro atoms. The molecular formula is C17H24N2O3. The lowest BCUT2D eigenvalue weighted by Gasteiger charge is -2.14. The number of hydrogen-bond donors (Lipinski definition) is 2. The van der Waals surface area contributed by atoms with Crippen molar-refractivity contribution in [3.05, 3.63) is 35.9 Å². The molecule has 5 nitrogen and oxygen atoms in total. The van der Waals surface area contributed by atoms with Gasteiger partial charge in [0, 0.05) is 12.8 Å². The van der Waals surface area contributed by atoms with Gasteiger partial charge in [-0.3, -0.25) is 14.4 Å². The molecule has 0 radical (unpaired) electrons. The molecule has 1 unspecified atom stereocenters. The molecule has 0 saturated carbocycles. The van der Waals surface area contributed by atoms with Crippen LogP contribution in [0.1, 0.15) is 51.1 Å². The van der Waals surface area contributed by atoms with Gasteiger partial charge in [0.2, 0.25) is 17.5 Å². The minimum absolute atomic E-state index is 0.000587. The highest BCUT2D eigenvalue weighted by Gasteiger charge is 2.21. The Morgan fingerprint density at radius 1 is 1.14 bits per heavy atom. The van der Waals surface area contributed by atoms with E-state index in [0.29, 0.717) is 6.42 Å². The van der Waals surface area contributed by atoms with E-state index in [0.717, 1.165) is 12.0 Å². The molecule has 1 aromatic carbocycles. The summed E-state index contributed by atoms with van der Waals surface area (Å²) in [4.78, 5) is 35.2. The van der Waals surface area contributed by atoms with Crippen LogP contribution >= 0.6 is 0 Å². The molecule has 0 aliphatic rings. The maximum atomic E-state index is 11.8. The van der Waals surface area contributed by atoms with Crippen LogP contribution < -0.4 is 11.1 Å². The number of benzene rings is 1. The quantitative estimate of drug-likeness (QED) is 0.682. The Balaban J connectivity index is 2.40. The summed E-state index contributed by atoms with van der Waals surface area (Å²) < 4.78 is 0. The van der Waals surface area contributed by atoms with Gasteiger partial charge in [0.1, 0.15) is 0 Å². The predicted molar refractivity (Wildman–Crippen MR) is 85.1 cm³/mol. The van der Waals surface area contributed by atoms with E-state index >= 15 is 0 Å². The van der Waals surface area contributed by atoms with E-state index in [1.54, 1.807) is 0 Å². The van der Waals surface area contributed by atoms with Gasteiger partial charge in [-0.15, -0.1) is 0 Å². The molecule has 1 amide bonds. The average molecular weight is 304 g/mol. The molecule has 5 heteroatoms. The molecule has 2 atom stereocenters. The van der Waals surface area contributed by atoms with Gasteiger partial charge < -0.3 is 11.1 Å². The van der Waals surface area contributed by atoms with Crippen LogP contribution in [0.5, 0.6) is 0 Å². The Morgan fingerprint density at radius 3 is 2.36 bits per heavy atom. The van der Waals surface area contributed by atoms with E-state index in [1.807, 2.05) is 44.2 Å². The molecular weight excluding hydrogens is 280 g/mol. The third kappa shape index (κ3) is 5.77. The summed E-state index contributed by atoms with van der Waals surface area (Å²) in [6.45, 7) is 3.77. The second-order valence-corrected chi connectivity index (χ2v) is 5.38. The normalized spacial score (nSPS) is 13.2. The standard InChI is InChI=1S/C17H24N2O3/c1-3-7-14(18)17(22)15(20)10-11-16(21)19-12(2)13-8-5-4-6-9-13/h4-6,8-9,12,14H,3,7,10-11,18H2,1-2H3,(H,19,21)/t12-,14?/m1/s1. The van der Waals surface area contributed by atoms with Crippen molar-refractivity contribution in [3.63, 3.8) is 0 Å². The lowest BCUT2D eigenvalue weighted by molar-refractivity contribution is -0.138. The lowest BCUT2D eigenvalue weighted by Crippen LogP contribution is -2.36. The number of amides is 1. The van der Waals surface area contributed by atoms with Crippen LogP contribution in [0, 0.1) is 0 Å². The summed E-state index contributed by atoms with van der Waals surface area (Å²) in [6.07, 6.45) is 1.14. The molecule has 0 aliphatic carbocycles. The van der Waals surface area contributed by atoms with Crippen LogP contribution in [0.3, 0.4) is 0 Å². The zero-order valence-corrected chi connectivity index (χ0v) is 13.2. The fourth-order valence-corrected chi connectivity index (χ4v) is 2.14. The van der Waals surface area contributed by atoms with E-state index < -0.39 is 17.6 Å². The highest BCUT2D eigenvalue weighted by atomic mass is 16.2. The van der Waals surface area contributed by atoms with E-state index in [2.05, 4.69) is 5.32 Å². The number of nitrogens with one attached hydrogen (secondary N) is 1. The van der Waals surface area contributed by atoms with Gasteiger partial charge in [0.25, 0.3) is 0 Å². The number of rotatable bonds is 9. The Hall–Kier alpha value is -2.01. The molecule has 22 heavy (non-hydrogen) atoms.